The van der Waals surface area contributed by atoms with Gasteiger partial charge in [-0.1, -0.05) is 0 Å². The van der Waals surface area contributed by atoms with Crippen molar-refractivity contribution in [3.63, 3.8) is 0 Å². The minimum Gasteiger partial charge on any atom is -0.394 e. The van der Waals surface area contributed by atoms with Gasteiger partial charge in [0.2, 0.25) is 11.9 Å². The lowest BCUT2D eigenvalue weighted by atomic mass is 10.0. The number of H-pyrrole nitrogens is 2. The zero-order chi connectivity index (χ0) is 30.7. The first-order valence-corrected chi connectivity index (χ1v) is 12.7. The fraction of sp³-hybridized carbons (Fsp3) is 0.591. The third-order valence-electron chi connectivity index (χ3n) is 7.46. The highest BCUT2D eigenvalue weighted by molar-refractivity contribution is 5.72. The molecule has 6 heterocycles. The predicted octanol–water partition coefficient (Wildman–Crippen LogP) is -5.51. The molecule has 0 bridgehead atoms. The number of nitrogens with two attached hydrogens (primary N) is 2. The van der Waals surface area contributed by atoms with Crippen LogP contribution in [0.4, 0.5) is 23.4 Å². The highest BCUT2D eigenvalue weighted by atomic mass is 16.6. The van der Waals surface area contributed by atoms with Crippen LogP contribution in [-0.4, -0.2) is 130 Å². The van der Waals surface area contributed by atoms with E-state index in [2.05, 4.69) is 24.9 Å². The molecule has 3 aromatic heterocycles. The van der Waals surface area contributed by atoms with Crippen LogP contribution < -0.4 is 32.4 Å². The molecule has 0 aliphatic carbocycles. The summed E-state index contributed by atoms with van der Waals surface area (Å²) in [7, 11) is 1.69. The van der Waals surface area contributed by atoms with Crippen LogP contribution in [0.2, 0.25) is 0 Å². The van der Waals surface area contributed by atoms with Gasteiger partial charge in [0.15, 0.2) is 28.9 Å². The van der Waals surface area contributed by atoms with Crippen molar-refractivity contribution in [1.82, 2.24) is 29.5 Å². The first-order valence-electron chi connectivity index (χ1n) is 12.7. The smallest absolute Gasteiger partial charge is 0.280 e. The van der Waals surface area contributed by atoms with Gasteiger partial charge >= 0.3 is 0 Å². The number of aromatic amines is 2. The van der Waals surface area contributed by atoms with Gasteiger partial charge in [0.1, 0.15) is 42.3 Å². The van der Waals surface area contributed by atoms with Crippen LogP contribution in [0.15, 0.2) is 15.9 Å². The molecule has 0 aromatic carbocycles. The van der Waals surface area contributed by atoms with Crippen molar-refractivity contribution in [3.05, 3.63) is 27.0 Å². The minimum atomic E-state index is -1.44. The number of imidazole rings is 1. The van der Waals surface area contributed by atoms with E-state index in [1.54, 1.807) is 11.9 Å². The van der Waals surface area contributed by atoms with Crippen molar-refractivity contribution in [2.45, 2.75) is 55.5 Å². The molecule has 20 nitrogen and oxygen atoms in total. The van der Waals surface area contributed by atoms with E-state index in [1.165, 1.54) is 22.7 Å². The summed E-state index contributed by atoms with van der Waals surface area (Å²) in [5.41, 5.74) is 9.16. The van der Waals surface area contributed by atoms with Crippen LogP contribution >= 0.6 is 0 Å². The summed E-state index contributed by atoms with van der Waals surface area (Å²) < 4.78 is 12.3. The summed E-state index contributed by atoms with van der Waals surface area (Å²) >= 11 is 0. The number of rotatable bonds is 4. The lowest BCUT2D eigenvalue weighted by Crippen LogP contribution is -2.45. The molecule has 0 saturated carbocycles. The monoisotopic (exact) mass is 596 g/mol. The number of ether oxygens (including phenoxy) is 2. The second kappa shape index (κ2) is 10.7. The van der Waals surface area contributed by atoms with Gasteiger partial charge in [-0.25, -0.2) is 4.98 Å². The highest BCUT2D eigenvalue weighted by Crippen LogP contribution is 2.37. The van der Waals surface area contributed by atoms with Gasteiger partial charge in [-0.05, 0) is 6.92 Å². The van der Waals surface area contributed by atoms with Crippen molar-refractivity contribution in [2.24, 2.45) is 0 Å². The number of fused-ring (bicyclic) bond motifs is 2. The summed E-state index contributed by atoms with van der Waals surface area (Å²) in [6.07, 6.45) is -6.57. The molecule has 12 N–H and O–H groups in total. The Kier molecular flexibility index (Phi) is 7.57. The Hall–Kier alpha value is -3.89. The molecule has 2 fully saturated rings. The van der Waals surface area contributed by atoms with E-state index in [-0.39, 0.29) is 35.5 Å². The van der Waals surface area contributed by atoms with Gasteiger partial charge in [-0.3, -0.25) is 24.1 Å². The zero-order valence-electron chi connectivity index (χ0n) is 22.4. The number of aliphatic hydroxyl groups excluding tert-OH is 6. The lowest BCUT2D eigenvalue weighted by Gasteiger charge is -2.29. The van der Waals surface area contributed by atoms with Gasteiger partial charge in [-0.2, -0.15) is 9.97 Å². The van der Waals surface area contributed by atoms with E-state index >= 15 is 0 Å². The number of aliphatic hydroxyl groups is 6. The molecule has 6 rings (SSSR count). The van der Waals surface area contributed by atoms with Crippen LogP contribution in [0.1, 0.15) is 6.92 Å². The Morgan fingerprint density at radius 1 is 1.00 bits per heavy atom. The second-order valence-electron chi connectivity index (χ2n) is 10.2. The number of nitrogens with zero attached hydrogens (tertiary/aromatic N) is 6. The average Bonchev–Trinajstić information content (AvgIpc) is 3.65. The number of nitrogens with one attached hydrogen (secondary N) is 2. The van der Waals surface area contributed by atoms with Crippen LogP contribution in [0, 0.1) is 0 Å². The number of nitrogen functional groups attached to an aromatic ring is 2. The Morgan fingerprint density at radius 3 is 2.26 bits per heavy atom. The SMILES string of the molecule is CN1CN([C@@H]2O[C@H](CO)[C@@H](O)[C@H]2O)c2nc(N)[nH]c(=O)c21.C[C@@]1(n2cnc3c(=O)[nH]c(N)nc32)O[C@H](CO)[C@@H](O)[C@H]1O. The summed E-state index contributed by atoms with van der Waals surface area (Å²) in [6.45, 7) is 0.852. The number of hydrogen-bond acceptors (Lipinski definition) is 17. The predicted molar refractivity (Wildman–Crippen MR) is 143 cm³/mol. The standard InChI is InChI=1S/C11H15N5O5.C11H17N5O5/c1-11(7(19)6(18)4(2-17)21-11)16-3-13-5-8(16)14-10(12)15-9(5)20;1-15-3-16(8-5(15)9(20)14-11(12)13-8)10-7(19)6(18)4(2-17)21-10/h3-4,6-7,17-19H,2H2,1H3,(H3,12,14,15,20);4,6-7,10,17-19H,2-3H2,1H3,(H3,12,13,14,20)/t4-,6-,7-,11-;4-,6-,7-,10-/m11/s1. The molecular formula is C22H32N10O10. The maximum Gasteiger partial charge on any atom is 0.280 e. The molecule has 42 heavy (non-hydrogen) atoms. The van der Waals surface area contributed by atoms with Crippen molar-refractivity contribution in [1.29, 1.82) is 0 Å². The Morgan fingerprint density at radius 2 is 1.64 bits per heavy atom. The summed E-state index contributed by atoms with van der Waals surface area (Å²) in [6, 6.07) is 0. The average molecular weight is 597 g/mol. The van der Waals surface area contributed by atoms with E-state index < -0.39 is 72.9 Å². The maximum atomic E-state index is 11.9. The van der Waals surface area contributed by atoms with Gasteiger partial charge in [0.25, 0.3) is 11.1 Å². The van der Waals surface area contributed by atoms with Crippen molar-refractivity contribution in [2.75, 3.05) is 48.2 Å². The topological polar surface area (TPSA) is 308 Å². The molecule has 0 amide bonds. The fourth-order valence-electron chi connectivity index (χ4n) is 5.28. The molecule has 3 aliphatic heterocycles. The second-order valence-corrected chi connectivity index (χ2v) is 10.2. The summed E-state index contributed by atoms with van der Waals surface area (Å²) in [5, 5.41) is 58.3. The Labute approximate surface area is 235 Å². The number of anilines is 4. The van der Waals surface area contributed by atoms with E-state index in [1.807, 2.05) is 0 Å². The fourth-order valence-corrected chi connectivity index (χ4v) is 5.28. The third-order valence-corrected chi connectivity index (χ3v) is 7.46. The van der Waals surface area contributed by atoms with Crippen molar-refractivity contribution in [3.8, 4) is 0 Å². The normalized spacial score (nSPS) is 32.3. The van der Waals surface area contributed by atoms with E-state index in [0.29, 0.717) is 5.69 Å². The Bertz CT molecular complexity index is 1580. The zero-order valence-corrected chi connectivity index (χ0v) is 22.4. The van der Waals surface area contributed by atoms with Gasteiger partial charge in [0.05, 0.1) is 26.2 Å². The summed E-state index contributed by atoms with van der Waals surface area (Å²) in [5.74, 6) is 0.115. The first-order chi connectivity index (χ1) is 19.8. The van der Waals surface area contributed by atoms with Crippen LogP contribution in [0.5, 0.6) is 0 Å². The Balaban J connectivity index is 0.000000168. The molecule has 0 unspecified atom stereocenters. The van der Waals surface area contributed by atoms with Crippen LogP contribution in [-0.2, 0) is 15.2 Å². The molecule has 230 valence electrons. The number of hydrogen-bond donors (Lipinski definition) is 10. The van der Waals surface area contributed by atoms with Crippen molar-refractivity contribution >= 4 is 34.6 Å². The molecule has 8 atom stereocenters. The van der Waals surface area contributed by atoms with Crippen LogP contribution in [0.3, 0.4) is 0 Å². The van der Waals surface area contributed by atoms with Gasteiger partial charge in [-0.15, -0.1) is 0 Å². The highest BCUT2D eigenvalue weighted by Gasteiger charge is 2.53. The van der Waals surface area contributed by atoms with E-state index in [4.69, 9.17) is 26.0 Å². The largest absolute Gasteiger partial charge is 0.394 e. The lowest BCUT2D eigenvalue weighted by molar-refractivity contribution is -0.132. The van der Waals surface area contributed by atoms with Gasteiger partial charge < -0.3 is 61.4 Å². The molecular weight excluding hydrogens is 564 g/mol. The molecule has 20 heteroatoms. The molecule has 3 aromatic rings. The summed E-state index contributed by atoms with van der Waals surface area (Å²) in [4.78, 5) is 43.5. The van der Waals surface area contributed by atoms with E-state index in [9.17, 15) is 35.1 Å². The van der Waals surface area contributed by atoms with E-state index in [0.717, 1.165) is 0 Å². The first kappa shape index (κ1) is 29.6. The van der Waals surface area contributed by atoms with Crippen molar-refractivity contribution < 1.29 is 40.1 Å². The van der Waals surface area contributed by atoms with Gasteiger partial charge in [0, 0.05) is 7.05 Å². The minimum absolute atomic E-state index is 0.0307. The third kappa shape index (κ3) is 4.62. The molecule has 2 saturated heterocycles. The maximum absolute atomic E-state index is 11.9. The molecule has 0 spiro atoms. The number of aromatic nitrogens is 6. The molecule has 0 radical (unpaired) electrons. The van der Waals surface area contributed by atoms with Crippen LogP contribution in [0.25, 0.3) is 11.2 Å². The quantitative estimate of drug-likeness (QED) is 0.134. The molecule has 3 aliphatic rings.